The van der Waals surface area contributed by atoms with Gasteiger partial charge in [-0.1, -0.05) is 5.57 Å². The zero-order valence-corrected chi connectivity index (χ0v) is 16.6. The summed E-state index contributed by atoms with van der Waals surface area (Å²) in [5.41, 5.74) is 1.53. The second kappa shape index (κ2) is 8.37. The zero-order chi connectivity index (χ0) is 20.4. The fraction of sp³-hybridized carbons (Fsp3) is 0.737. The normalized spacial score (nSPS) is 35.6. The molecule has 0 saturated carbocycles. The zero-order valence-electron chi connectivity index (χ0n) is 16.6. The Hall–Kier alpha value is -2.31. The lowest BCUT2D eigenvalue weighted by atomic mass is 9.76. The highest BCUT2D eigenvalue weighted by molar-refractivity contribution is 6.00. The van der Waals surface area contributed by atoms with Gasteiger partial charge in [-0.2, -0.15) is 5.26 Å². The number of nitroso groups, excluding NO2 is 1. The minimum Gasteiger partial charge on any atom is -0.355 e. The number of nitrogens with zero attached hydrogens (tertiary/aromatic N) is 2. The molecule has 6 unspecified atom stereocenters. The van der Waals surface area contributed by atoms with Gasteiger partial charge in [0.1, 0.15) is 0 Å². The van der Waals surface area contributed by atoms with E-state index in [4.69, 9.17) is 5.26 Å². The fourth-order valence-corrected chi connectivity index (χ4v) is 4.60. The molecule has 2 fully saturated rings. The Morgan fingerprint density at radius 2 is 2.11 bits per heavy atom. The van der Waals surface area contributed by atoms with Gasteiger partial charge in [0.05, 0.1) is 12.3 Å². The van der Waals surface area contributed by atoms with Crippen molar-refractivity contribution in [2.75, 3.05) is 19.6 Å². The average Bonchev–Trinajstić information content (AvgIpc) is 2.66. The average molecular weight is 389 g/mol. The second-order valence-electron chi connectivity index (χ2n) is 8.08. The minimum absolute atomic E-state index is 0.0318. The molecule has 152 valence electrons. The highest BCUT2D eigenvalue weighted by Gasteiger charge is 2.42. The van der Waals surface area contributed by atoms with Crippen molar-refractivity contribution in [3.63, 3.8) is 0 Å². The number of hydrogen-bond acceptors (Lipinski definition) is 6. The number of fused-ring (bicyclic) bond motifs is 1. The first-order chi connectivity index (χ1) is 13.3. The number of nitriles is 1. The predicted molar refractivity (Wildman–Crippen MR) is 102 cm³/mol. The number of piperidine rings is 1. The summed E-state index contributed by atoms with van der Waals surface area (Å²) >= 11 is 0. The highest BCUT2D eigenvalue weighted by Crippen LogP contribution is 2.32. The maximum Gasteiger partial charge on any atom is 0.341 e. The van der Waals surface area contributed by atoms with Crippen LogP contribution in [-0.4, -0.2) is 60.5 Å². The predicted octanol–water partition coefficient (Wildman–Crippen LogP) is -0.458. The largest absolute Gasteiger partial charge is 0.355 e. The first-order valence-electron chi connectivity index (χ1n) is 9.92. The SMILES string of the molecule is CC1=C(CC(=O)NCC2CNC(C#N)[N+](=O)C2C)C(=O)NC2CCNC(C)C12. The summed E-state index contributed by atoms with van der Waals surface area (Å²) < 4.78 is 0.735. The van der Waals surface area contributed by atoms with Gasteiger partial charge in [0.2, 0.25) is 17.9 Å². The minimum atomic E-state index is -0.847. The standard InChI is InChI=1S/C19H28N6O3/c1-10-14(19(27)24-15-4-5-21-11(2)18(10)15)6-17(26)23-9-13-8-22-16(7-20)25(28)12(13)3/h11-13,15-16,18,21-22H,4-6,8-9H2,1-3H3,(H-,23,24,26,27)/p+1. The lowest BCUT2D eigenvalue weighted by Crippen LogP contribution is -2.57. The third kappa shape index (κ3) is 3.93. The summed E-state index contributed by atoms with van der Waals surface area (Å²) in [5, 5.41) is 21.2. The molecule has 0 bridgehead atoms. The van der Waals surface area contributed by atoms with Crippen LogP contribution >= 0.6 is 0 Å². The second-order valence-corrected chi connectivity index (χ2v) is 8.08. The summed E-state index contributed by atoms with van der Waals surface area (Å²) in [4.78, 5) is 37.0. The van der Waals surface area contributed by atoms with E-state index in [0.717, 1.165) is 23.3 Å². The molecule has 0 aromatic heterocycles. The Morgan fingerprint density at radius 1 is 1.36 bits per heavy atom. The fourth-order valence-electron chi connectivity index (χ4n) is 4.60. The molecule has 0 aromatic carbocycles. The molecule has 3 aliphatic rings. The van der Waals surface area contributed by atoms with Gasteiger partial charge >= 0.3 is 6.17 Å². The van der Waals surface area contributed by atoms with Crippen LogP contribution in [0.5, 0.6) is 0 Å². The molecule has 4 N–H and O–H groups in total. The van der Waals surface area contributed by atoms with E-state index in [-0.39, 0.29) is 48.2 Å². The lowest BCUT2D eigenvalue weighted by molar-refractivity contribution is -0.627. The van der Waals surface area contributed by atoms with Crippen LogP contribution in [0.2, 0.25) is 0 Å². The van der Waals surface area contributed by atoms with Gasteiger partial charge in [-0.25, -0.2) is 5.32 Å². The number of rotatable bonds is 4. The molecule has 6 atom stereocenters. The van der Waals surface area contributed by atoms with Gasteiger partial charge in [0.15, 0.2) is 6.07 Å². The van der Waals surface area contributed by atoms with Gasteiger partial charge in [-0.05, 0) is 26.8 Å². The molecule has 0 aliphatic carbocycles. The Morgan fingerprint density at radius 3 is 2.82 bits per heavy atom. The van der Waals surface area contributed by atoms with Gasteiger partial charge in [0.25, 0.3) is 0 Å². The van der Waals surface area contributed by atoms with Crippen LogP contribution in [-0.2, 0) is 9.59 Å². The molecule has 2 amide bonds. The number of hydrogen-bond donors (Lipinski definition) is 4. The summed E-state index contributed by atoms with van der Waals surface area (Å²) in [6.07, 6.45) is 0.0727. The van der Waals surface area contributed by atoms with Crippen LogP contribution in [0.1, 0.15) is 33.6 Å². The van der Waals surface area contributed by atoms with Crippen molar-refractivity contribution in [1.82, 2.24) is 21.3 Å². The highest BCUT2D eigenvalue weighted by atomic mass is 16.3. The molecule has 3 heterocycles. The summed E-state index contributed by atoms with van der Waals surface area (Å²) in [6, 6.07) is 1.92. The lowest BCUT2D eigenvalue weighted by Gasteiger charge is -2.42. The van der Waals surface area contributed by atoms with E-state index in [1.54, 1.807) is 6.92 Å². The van der Waals surface area contributed by atoms with Crippen LogP contribution in [0.25, 0.3) is 0 Å². The van der Waals surface area contributed by atoms with E-state index >= 15 is 0 Å². The Bertz CT molecular complexity index is 742. The van der Waals surface area contributed by atoms with E-state index in [0.29, 0.717) is 18.7 Å². The molecule has 0 radical (unpaired) electrons. The van der Waals surface area contributed by atoms with Crippen molar-refractivity contribution < 1.29 is 14.3 Å². The van der Waals surface area contributed by atoms with Crippen LogP contribution in [0.3, 0.4) is 0 Å². The van der Waals surface area contributed by atoms with E-state index in [1.165, 1.54) is 0 Å². The van der Waals surface area contributed by atoms with Crippen molar-refractivity contribution in [1.29, 1.82) is 5.26 Å². The molecular formula is C19H29N6O3+. The summed E-state index contributed by atoms with van der Waals surface area (Å²) in [6.45, 7) is 7.50. The van der Waals surface area contributed by atoms with Gasteiger partial charge < -0.3 is 16.0 Å². The van der Waals surface area contributed by atoms with E-state index in [1.807, 2.05) is 13.0 Å². The molecule has 2 saturated heterocycles. The van der Waals surface area contributed by atoms with E-state index in [2.05, 4.69) is 28.2 Å². The topological polar surface area (TPSA) is 126 Å². The quantitative estimate of drug-likeness (QED) is 0.482. The van der Waals surface area contributed by atoms with Crippen molar-refractivity contribution in [2.24, 2.45) is 11.8 Å². The molecule has 9 nitrogen and oxygen atoms in total. The first kappa shape index (κ1) is 20.4. The molecule has 0 aromatic rings. The smallest absolute Gasteiger partial charge is 0.341 e. The first-order valence-corrected chi connectivity index (χ1v) is 9.92. The van der Waals surface area contributed by atoms with E-state index in [9.17, 15) is 14.5 Å². The molecule has 28 heavy (non-hydrogen) atoms. The van der Waals surface area contributed by atoms with Crippen LogP contribution in [0, 0.1) is 28.1 Å². The van der Waals surface area contributed by atoms with E-state index < -0.39 is 6.17 Å². The number of carbonyl (C=O) groups is 2. The summed E-state index contributed by atoms with van der Waals surface area (Å²) in [7, 11) is 0. The third-order valence-corrected chi connectivity index (χ3v) is 6.39. The van der Waals surface area contributed by atoms with Crippen LogP contribution < -0.4 is 21.3 Å². The van der Waals surface area contributed by atoms with Crippen LogP contribution in [0.4, 0.5) is 0 Å². The monoisotopic (exact) mass is 389 g/mol. The molecule has 3 rings (SSSR count). The van der Waals surface area contributed by atoms with Crippen LogP contribution in [0.15, 0.2) is 11.1 Å². The van der Waals surface area contributed by atoms with Crippen molar-refractivity contribution >= 4 is 11.8 Å². The van der Waals surface area contributed by atoms with Gasteiger partial charge in [-0.3, -0.25) is 9.59 Å². The number of carbonyl (C=O) groups excluding carboxylic acids is 2. The Labute approximate surface area is 164 Å². The number of amides is 2. The third-order valence-electron chi connectivity index (χ3n) is 6.39. The van der Waals surface area contributed by atoms with Crippen molar-refractivity contribution in [3.05, 3.63) is 16.1 Å². The Kier molecular flexibility index (Phi) is 6.10. The maximum atomic E-state index is 12.5. The van der Waals surface area contributed by atoms with Crippen molar-refractivity contribution in [3.8, 4) is 6.07 Å². The van der Waals surface area contributed by atoms with Crippen molar-refractivity contribution in [2.45, 2.75) is 57.9 Å². The van der Waals surface area contributed by atoms with Gasteiger partial charge in [-0.15, -0.1) is 0 Å². The molecule has 9 heteroatoms. The molecule has 3 aliphatic heterocycles. The Balaban J connectivity index is 1.60. The molecule has 0 spiro atoms. The summed E-state index contributed by atoms with van der Waals surface area (Å²) in [5.74, 6) is -0.285. The molecular weight excluding hydrogens is 360 g/mol. The van der Waals surface area contributed by atoms with Gasteiger partial charge in [0, 0.05) is 53.3 Å². The number of nitrogens with one attached hydrogen (secondary N) is 4. The maximum absolute atomic E-state index is 12.5.